The standard InChI is InChI=1S/C26H30N2O3/c1-3-27(19-13-9-6-10-14-19)24-23(21-17-11-12-18-22(21)31-2)25(29)28(26(24)30)20-15-7-4-5-8-16-20/h6,9-14,17-18,20H,3-5,7-8,15-16H2,1-2H3. The van der Waals surface area contributed by atoms with Crippen LogP contribution in [-0.4, -0.2) is 36.4 Å². The molecule has 0 N–H and O–H groups in total. The first-order chi connectivity index (χ1) is 15.2. The number of amides is 2. The van der Waals surface area contributed by atoms with E-state index < -0.39 is 0 Å². The van der Waals surface area contributed by atoms with Gasteiger partial charge in [0.2, 0.25) is 0 Å². The largest absolute Gasteiger partial charge is 0.496 e. The second kappa shape index (κ2) is 9.38. The summed E-state index contributed by atoms with van der Waals surface area (Å²) in [5.41, 5.74) is 2.46. The van der Waals surface area contributed by atoms with E-state index in [0.717, 1.165) is 44.2 Å². The predicted molar refractivity (Wildman–Crippen MR) is 123 cm³/mol. The molecule has 0 aromatic heterocycles. The van der Waals surface area contributed by atoms with E-state index in [1.165, 1.54) is 4.90 Å². The van der Waals surface area contributed by atoms with Crippen LogP contribution >= 0.6 is 0 Å². The lowest BCUT2D eigenvalue weighted by Gasteiger charge is -2.28. The van der Waals surface area contributed by atoms with Crippen LogP contribution in [0.25, 0.3) is 5.57 Å². The number of imide groups is 1. The van der Waals surface area contributed by atoms with Crippen molar-refractivity contribution in [3.8, 4) is 5.75 Å². The van der Waals surface area contributed by atoms with Crippen molar-refractivity contribution < 1.29 is 14.3 Å². The van der Waals surface area contributed by atoms with Gasteiger partial charge in [-0.15, -0.1) is 0 Å². The van der Waals surface area contributed by atoms with Gasteiger partial charge >= 0.3 is 0 Å². The fraction of sp³-hybridized carbons (Fsp3) is 0.385. The first kappa shape index (κ1) is 21.2. The fourth-order valence-electron chi connectivity index (χ4n) is 4.80. The van der Waals surface area contributed by atoms with Crippen molar-refractivity contribution in [2.45, 2.75) is 51.5 Å². The highest BCUT2D eigenvalue weighted by Gasteiger charge is 2.45. The molecular formula is C26H30N2O3. The Morgan fingerprint density at radius 1 is 0.903 bits per heavy atom. The van der Waals surface area contributed by atoms with Crippen LogP contribution < -0.4 is 9.64 Å². The van der Waals surface area contributed by atoms with Crippen molar-refractivity contribution >= 4 is 23.1 Å². The zero-order valence-electron chi connectivity index (χ0n) is 18.3. The summed E-state index contributed by atoms with van der Waals surface area (Å²) in [6, 6.07) is 17.2. The number of carbonyl (C=O) groups excluding carboxylic acids is 2. The van der Waals surface area contributed by atoms with Gasteiger partial charge in [-0.1, -0.05) is 62.1 Å². The molecule has 2 amide bonds. The average Bonchev–Trinajstić information content (AvgIpc) is 2.97. The topological polar surface area (TPSA) is 49.9 Å². The SMILES string of the molecule is CCN(C1=C(c2ccccc2OC)C(=O)N(C2CCCCCC2)C1=O)c1ccccc1. The number of benzene rings is 2. The maximum atomic E-state index is 13.8. The van der Waals surface area contributed by atoms with Crippen LogP contribution in [0.3, 0.4) is 0 Å². The highest BCUT2D eigenvalue weighted by molar-refractivity contribution is 6.37. The van der Waals surface area contributed by atoms with Crippen molar-refractivity contribution in [3.05, 3.63) is 65.9 Å². The molecule has 1 heterocycles. The summed E-state index contributed by atoms with van der Waals surface area (Å²) < 4.78 is 5.57. The summed E-state index contributed by atoms with van der Waals surface area (Å²) in [5, 5.41) is 0. The first-order valence-electron chi connectivity index (χ1n) is 11.3. The van der Waals surface area contributed by atoms with Gasteiger partial charge in [0.15, 0.2) is 0 Å². The quantitative estimate of drug-likeness (QED) is 0.488. The molecule has 0 bridgehead atoms. The minimum absolute atomic E-state index is 0.0424. The van der Waals surface area contributed by atoms with Gasteiger partial charge in [0.05, 0.1) is 12.7 Å². The summed E-state index contributed by atoms with van der Waals surface area (Å²) in [6.07, 6.45) is 6.19. The van der Waals surface area contributed by atoms with Crippen LogP contribution in [0.5, 0.6) is 5.75 Å². The summed E-state index contributed by atoms with van der Waals surface area (Å²) >= 11 is 0. The van der Waals surface area contributed by atoms with Crippen LogP contribution in [0.4, 0.5) is 5.69 Å². The molecule has 2 aromatic carbocycles. The Bertz CT molecular complexity index is 975. The van der Waals surface area contributed by atoms with Crippen molar-refractivity contribution in [1.82, 2.24) is 4.90 Å². The molecule has 5 nitrogen and oxygen atoms in total. The Balaban J connectivity index is 1.87. The highest BCUT2D eigenvalue weighted by atomic mass is 16.5. The highest BCUT2D eigenvalue weighted by Crippen LogP contribution is 2.40. The van der Waals surface area contributed by atoms with Gasteiger partial charge in [-0.25, -0.2) is 0 Å². The number of ether oxygens (including phenoxy) is 1. The minimum Gasteiger partial charge on any atom is -0.496 e. The lowest BCUT2D eigenvalue weighted by Crippen LogP contribution is -2.42. The van der Waals surface area contributed by atoms with Crippen LogP contribution in [-0.2, 0) is 9.59 Å². The summed E-state index contributed by atoms with van der Waals surface area (Å²) in [5.74, 6) is 0.206. The Morgan fingerprint density at radius 2 is 1.55 bits per heavy atom. The molecule has 1 saturated carbocycles. The maximum Gasteiger partial charge on any atom is 0.278 e. The molecule has 5 heteroatoms. The van der Waals surface area contributed by atoms with Crippen LogP contribution in [0.2, 0.25) is 0 Å². The summed E-state index contributed by atoms with van der Waals surface area (Å²) in [7, 11) is 1.60. The predicted octanol–water partition coefficient (Wildman–Crippen LogP) is 5.02. The smallest absolute Gasteiger partial charge is 0.278 e. The number of methoxy groups -OCH3 is 1. The van der Waals surface area contributed by atoms with Gasteiger partial charge in [0.1, 0.15) is 11.4 Å². The van der Waals surface area contributed by atoms with E-state index in [-0.39, 0.29) is 17.9 Å². The number of hydrogen-bond acceptors (Lipinski definition) is 4. The van der Waals surface area contributed by atoms with Gasteiger partial charge < -0.3 is 9.64 Å². The number of rotatable bonds is 6. The van der Waals surface area contributed by atoms with E-state index in [4.69, 9.17) is 4.74 Å². The molecule has 1 fully saturated rings. The summed E-state index contributed by atoms with van der Waals surface area (Å²) in [4.78, 5) is 31.2. The van der Waals surface area contributed by atoms with Crippen LogP contribution in [0, 0.1) is 0 Å². The van der Waals surface area contributed by atoms with E-state index in [1.54, 1.807) is 7.11 Å². The van der Waals surface area contributed by atoms with Gasteiger partial charge in [-0.05, 0) is 38.0 Å². The summed E-state index contributed by atoms with van der Waals surface area (Å²) in [6.45, 7) is 2.58. The third kappa shape index (κ3) is 3.97. The fourth-order valence-corrected chi connectivity index (χ4v) is 4.80. The number of hydrogen-bond donors (Lipinski definition) is 0. The molecule has 0 saturated heterocycles. The molecule has 162 valence electrons. The number of para-hydroxylation sites is 2. The molecule has 0 unspecified atom stereocenters. The maximum absolute atomic E-state index is 13.8. The van der Waals surface area contributed by atoms with Gasteiger partial charge in [-0.3, -0.25) is 14.5 Å². The second-order valence-electron chi connectivity index (χ2n) is 8.13. The molecule has 2 aromatic rings. The Kier molecular flexibility index (Phi) is 6.40. The number of carbonyl (C=O) groups is 2. The first-order valence-corrected chi connectivity index (χ1v) is 11.3. The Hall–Kier alpha value is -3.08. The molecule has 4 rings (SSSR count). The lowest BCUT2D eigenvalue weighted by atomic mass is 10.0. The third-order valence-electron chi connectivity index (χ3n) is 6.31. The molecule has 0 atom stereocenters. The van der Waals surface area contributed by atoms with E-state index in [9.17, 15) is 9.59 Å². The number of likely N-dealkylation sites (N-methyl/N-ethyl adjacent to an activating group) is 1. The molecule has 0 spiro atoms. The van der Waals surface area contributed by atoms with E-state index in [1.807, 2.05) is 66.4 Å². The van der Waals surface area contributed by atoms with Crippen molar-refractivity contribution in [2.24, 2.45) is 0 Å². The lowest BCUT2D eigenvalue weighted by molar-refractivity contribution is -0.139. The molecule has 31 heavy (non-hydrogen) atoms. The van der Waals surface area contributed by atoms with Crippen LogP contribution in [0.1, 0.15) is 51.0 Å². The zero-order chi connectivity index (χ0) is 21.8. The minimum atomic E-state index is -0.203. The molecule has 0 radical (unpaired) electrons. The van der Waals surface area contributed by atoms with Crippen molar-refractivity contribution in [1.29, 1.82) is 0 Å². The van der Waals surface area contributed by atoms with Crippen molar-refractivity contribution in [2.75, 3.05) is 18.6 Å². The second-order valence-corrected chi connectivity index (χ2v) is 8.13. The monoisotopic (exact) mass is 418 g/mol. The molecule has 2 aliphatic rings. The third-order valence-corrected chi connectivity index (χ3v) is 6.31. The van der Waals surface area contributed by atoms with E-state index in [0.29, 0.717) is 29.1 Å². The molecular weight excluding hydrogens is 388 g/mol. The van der Waals surface area contributed by atoms with E-state index >= 15 is 0 Å². The Morgan fingerprint density at radius 3 is 2.19 bits per heavy atom. The van der Waals surface area contributed by atoms with Gasteiger partial charge in [-0.2, -0.15) is 0 Å². The Labute approximate surface area is 184 Å². The average molecular weight is 419 g/mol. The molecule has 1 aliphatic heterocycles. The molecule has 1 aliphatic carbocycles. The van der Waals surface area contributed by atoms with E-state index in [2.05, 4.69) is 0 Å². The zero-order valence-corrected chi connectivity index (χ0v) is 18.3. The van der Waals surface area contributed by atoms with Crippen LogP contribution in [0.15, 0.2) is 60.3 Å². The number of anilines is 1. The normalized spacial score (nSPS) is 17.8. The van der Waals surface area contributed by atoms with Crippen molar-refractivity contribution in [3.63, 3.8) is 0 Å². The number of nitrogens with zero attached hydrogens (tertiary/aromatic N) is 2. The van der Waals surface area contributed by atoms with Gasteiger partial charge in [0, 0.05) is 23.8 Å². The van der Waals surface area contributed by atoms with Gasteiger partial charge in [0.25, 0.3) is 11.8 Å².